The third-order valence-corrected chi connectivity index (χ3v) is 4.28. The molecule has 0 spiro atoms. The fourth-order valence-electron chi connectivity index (χ4n) is 2.85. The minimum Gasteiger partial charge on any atom is -0.480 e. The number of benzene rings is 1. The zero-order valence-electron chi connectivity index (χ0n) is 12.7. The summed E-state index contributed by atoms with van der Waals surface area (Å²) >= 11 is 0. The Bertz CT molecular complexity index is 596. The maximum Gasteiger partial charge on any atom is 0.334 e. The van der Waals surface area contributed by atoms with Gasteiger partial charge in [-0.25, -0.2) is 4.79 Å². The van der Waals surface area contributed by atoms with Crippen LogP contribution in [-0.4, -0.2) is 53.8 Å². The van der Waals surface area contributed by atoms with Crippen molar-refractivity contribution >= 4 is 11.9 Å². The van der Waals surface area contributed by atoms with Crippen LogP contribution in [0.15, 0.2) is 12.1 Å². The number of aliphatic carboxylic acids is 1. The summed E-state index contributed by atoms with van der Waals surface area (Å²) in [7, 11) is 0. The van der Waals surface area contributed by atoms with Crippen molar-refractivity contribution in [2.45, 2.75) is 32.5 Å². The molecule has 3 rings (SSSR count). The van der Waals surface area contributed by atoms with Gasteiger partial charge < -0.3 is 19.5 Å². The van der Waals surface area contributed by atoms with Gasteiger partial charge >= 0.3 is 5.97 Å². The highest BCUT2D eigenvalue weighted by Gasteiger charge is 2.36. The van der Waals surface area contributed by atoms with Crippen LogP contribution in [0.4, 0.5) is 0 Å². The first-order chi connectivity index (χ1) is 10.5. The Morgan fingerprint density at radius 2 is 1.95 bits per heavy atom. The molecule has 0 saturated carbocycles. The highest BCUT2D eigenvalue weighted by Crippen LogP contribution is 2.32. The van der Waals surface area contributed by atoms with Gasteiger partial charge in [0, 0.05) is 13.0 Å². The lowest BCUT2D eigenvalue weighted by molar-refractivity contribution is -0.161. The fraction of sp³-hybridized carbons (Fsp3) is 0.500. The van der Waals surface area contributed by atoms with Crippen LogP contribution in [0.1, 0.15) is 16.7 Å². The number of rotatable bonds is 2. The van der Waals surface area contributed by atoms with E-state index in [1.165, 1.54) is 10.5 Å². The van der Waals surface area contributed by atoms with E-state index >= 15 is 0 Å². The Morgan fingerprint density at radius 1 is 1.23 bits per heavy atom. The van der Waals surface area contributed by atoms with Gasteiger partial charge in [-0.3, -0.25) is 4.79 Å². The molecule has 1 N–H and O–H groups in total. The minimum absolute atomic E-state index is 0.0719. The quantitative estimate of drug-likeness (QED) is 0.879. The minimum atomic E-state index is -1.04. The van der Waals surface area contributed by atoms with Crippen LogP contribution < -0.4 is 4.74 Å². The number of carboxylic acid groups (broad SMARTS) is 1. The first-order valence-corrected chi connectivity index (χ1v) is 7.35. The number of amides is 1. The number of morpholine rings is 1. The van der Waals surface area contributed by atoms with Crippen molar-refractivity contribution in [3.8, 4) is 5.75 Å². The summed E-state index contributed by atoms with van der Waals surface area (Å²) in [6.45, 7) is 4.75. The number of fused-ring (bicyclic) bond motifs is 1. The second kappa shape index (κ2) is 5.61. The molecule has 2 heterocycles. The highest BCUT2D eigenvalue weighted by molar-refractivity contribution is 5.84. The zero-order valence-corrected chi connectivity index (χ0v) is 12.7. The Morgan fingerprint density at radius 3 is 2.68 bits per heavy atom. The van der Waals surface area contributed by atoms with E-state index < -0.39 is 18.2 Å². The molecule has 1 amide bonds. The molecule has 6 heteroatoms. The van der Waals surface area contributed by atoms with Gasteiger partial charge in [0.05, 0.1) is 13.2 Å². The molecular formula is C16H19NO5. The predicted molar refractivity (Wildman–Crippen MR) is 78.0 cm³/mol. The van der Waals surface area contributed by atoms with E-state index in [4.69, 9.17) is 14.6 Å². The largest absolute Gasteiger partial charge is 0.480 e. The summed E-state index contributed by atoms with van der Waals surface area (Å²) in [5, 5.41) is 9.01. The van der Waals surface area contributed by atoms with E-state index in [9.17, 15) is 9.59 Å². The Labute approximate surface area is 128 Å². The van der Waals surface area contributed by atoms with Crippen LogP contribution in [-0.2, 0) is 20.7 Å². The van der Waals surface area contributed by atoms with Gasteiger partial charge in [0.25, 0.3) is 5.91 Å². The van der Waals surface area contributed by atoms with Crippen molar-refractivity contribution in [3.05, 3.63) is 28.8 Å². The molecule has 2 aliphatic heterocycles. The van der Waals surface area contributed by atoms with Gasteiger partial charge in [-0.05, 0) is 36.6 Å². The summed E-state index contributed by atoms with van der Waals surface area (Å²) < 4.78 is 10.9. The van der Waals surface area contributed by atoms with Crippen molar-refractivity contribution in [2.24, 2.45) is 0 Å². The molecule has 2 atom stereocenters. The molecule has 1 aromatic carbocycles. The SMILES string of the molecule is Cc1cc2c(cc1C)O[C@H](C(=O)N1CCO[C@@H](C(=O)O)C1)C2. The molecule has 1 fully saturated rings. The van der Waals surface area contributed by atoms with Crippen LogP contribution in [0.25, 0.3) is 0 Å². The topological polar surface area (TPSA) is 76.1 Å². The number of ether oxygens (including phenoxy) is 2. The third-order valence-electron chi connectivity index (χ3n) is 4.28. The number of aryl methyl sites for hydroxylation is 2. The van der Waals surface area contributed by atoms with E-state index in [0.29, 0.717) is 13.0 Å². The van der Waals surface area contributed by atoms with Crippen molar-refractivity contribution in [3.63, 3.8) is 0 Å². The van der Waals surface area contributed by atoms with Gasteiger partial charge in [0.1, 0.15) is 5.75 Å². The average Bonchev–Trinajstić information content (AvgIpc) is 2.89. The van der Waals surface area contributed by atoms with Gasteiger partial charge in [-0.2, -0.15) is 0 Å². The monoisotopic (exact) mass is 305 g/mol. The van der Waals surface area contributed by atoms with Gasteiger partial charge in [-0.15, -0.1) is 0 Å². The second-order valence-electron chi connectivity index (χ2n) is 5.84. The number of carbonyl (C=O) groups is 2. The van der Waals surface area contributed by atoms with Crippen LogP contribution in [0.5, 0.6) is 5.75 Å². The van der Waals surface area contributed by atoms with E-state index in [-0.39, 0.29) is 19.1 Å². The predicted octanol–water partition coefficient (Wildman–Crippen LogP) is 0.919. The van der Waals surface area contributed by atoms with Crippen LogP contribution in [0.2, 0.25) is 0 Å². The van der Waals surface area contributed by atoms with E-state index in [1.54, 1.807) is 0 Å². The van der Waals surface area contributed by atoms with Crippen molar-refractivity contribution in [1.29, 1.82) is 0 Å². The number of hydrogen-bond acceptors (Lipinski definition) is 4. The van der Waals surface area contributed by atoms with Gasteiger partial charge in [0.15, 0.2) is 12.2 Å². The molecule has 0 bridgehead atoms. The normalized spacial score (nSPS) is 23.8. The Balaban J connectivity index is 1.71. The smallest absolute Gasteiger partial charge is 0.334 e. The molecule has 1 saturated heterocycles. The number of carboxylic acids is 1. The first kappa shape index (κ1) is 14.8. The summed E-state index contributed by atoms with van der Waals surface area (Å²) in [6, 6.07) is 4.01. The van der Waals surface area contributed by atoms with E-state index in [0.717, 1.165) is 16.9 Å². The molecule has 0 radical (unpaired) electrons. The van der Waals surface area contributed by atoms with Gasteiger partial charge in [-0.1, -0.05) is 6.07 Å². The zero-order chi connectivity index (χ0) is 15.9. The second-order valence-corrected chi connectivity index (χ2v) is 5.84. The molecule has 118 valence electrons. The first-order valence-electron chi connectivity index (χ1n) is 7.35. The van der Waals surface area contributed by atoms with Crippen molar-refractivity contribution in [2.75, 3.05) is 19.7 Å². The molecule has 22 heavy (non-hydrogen) atoms. The van der Waals surface area contributed by atoms with Crippen LogP contribution >= 0.6 is 0 Å². The number of carbonyl (C=O) groups excluding carboxylic acids is 1. The van der Waals surface area contributed by atoms with Crippen LogP contribution in [0.3, 0.4) is 0 Å². The lowest BCUT2D eigenvalue weighted by Gasteiger charge is -2.32. The Kier molecular flexibility index (Phi) is 3.78. The highest BCUT2D eigenvalue weighted by atomic mass is 16.5. The van der Waals surface area contributed by atoms with E-state index in [1.807, 2.05) is 19.9 Å². The number of nitrogens with zero attached hydrogens (tertiary/aromatic N) is 1. The van der Waals surface area contributed by atoms with Crippen LogP contribution in [0, 0.1) is 13.8 Å². The summed E-state index contributed by atoms with van der Waals surface area (Å²) in [4.78, 5) is 25.1. The Hall–Kier alpha value is -2.08. The molecule has 0 aromatic heterocycles. The lowest BCUT2D eigenvalue weighted by Crippen LogP contribution is -2.52. The molecule has 1 aromatic rings. The molecular weight excluding hydrogens is 286 g/mol. The van der Waals surface area contributed by atoms with Crippen molar-refractivity contribution in [1.82, 2.24) is 4.90 Å². The number of hydrogen-bond donors (Lipinski definition) is 1. The molecule has 0 unspecified atom stereocenters. The molecule has 0 aliphatic carbocycles. The third kappa shape index (κ3) is 2.66. The molecule has 2 aliphatic rings. The summed E-state index contributed by atoms with van der Waals surface area (Å²) in [5.74, 6) is -0.454. The maximum atomic E-state index is 12.6. The fourth-order valence-corrected chi connectivity index (χ4v) is 2.85. The summed E-state index contributed by atoms with van der Waals surface area (Å²) in [6.07, 6.45) is -0.987. The molecule has 6 nitrogen and oxygen atoms in total. The summed E-state index contributed by atoms with van der Waals surface area (Å²) in [5.41, 5.74) is 3.33. The maximum absolute atomic E-state index is 12.6. The standard InChI is InChI=1S/C16H19NO5/c1-9-5-11-7-13(22-12(11)6-10(9)2)15(18)17-3-4-21-14(8-17)16(19)20/h5-6,13-14H,3-4,7-8H2,1-2H3,(H,19,20)/t13-,14+/m0/s1. The average molecular weight is 305 g/mol. The van der Waals surface area contributed by atoms with Crippen molar-refractivity contribution < 1.29 is 24.2 Å². The van der Waals surface area contributed by atoms with Gasteiger partial charge in [0.2, 0.25) is 0 Å². The lowest BCUT2D eigenvalue weighted by atomic mass is 10.0. The van der Waals surface area contributed by atoms with E-state index in [2.05, 4.69) is 6.07 Å².